The van der Waals surface area contributed by atoms with Crippen LogP contribution in [-0.4, -0.2) is 78.2 Å². The first-order valence-corrected chi connectivity index (χ1v) is 11.7. The highest BCUT2D eigenvalue weighted by molar-refractivity contribution is 6.14. The van der Waals surface area contributed by atoms with Crippen LogP contribution >= 0.6 is 0 Å². The summed E-state index contributed by atoms with van der Waals surface area (Å²) in [6.07, 6.45) is 3.70. The number of ether oxygens (including phenoxy) is 2. The van der Waals surface area contributed by atoms with E-state index in [1.807, 2.05) is 30.3 Å². The van der Waals surface area contributed by atoms with Gasteiger partial charge < -0.3 is 24.6 Å². The molecule has 2 aliphatic heterocycles. The van der Waals surface area contributed by atoms with Crippen LogP contribution in [0.2, 0.25) is 0 Å². The lowest BCUT2D eigenvalue weighted by atomic mass is 9.95. The second kappa shape index (κ2) is 11.2. The van der Waals surface area contributed by atoms with Crippen LogP contribution < -0.4 is 4.74 Å². The zero-order valence-electron chi connectivity index (χ0n) is 19.7. The summed E-state index contributed by atoms with van der Waals surface area (Å²) in [5, 5.41) is 20.8. The lowest BCUT2D eigenvalue weighted by Gasteiger charge is -2.30. The summed E-state index contributed by atoms with van der Waals surface area (Å²) >= 11 is 0. The highest BCUT2D eigenvalue weighted by Crippen LogP contribution is 2.40. The number of phenolic OH excluding ortho intramolecular Hbond substituents is 1. The SMILES string of the molecule is COc1cc([C@@H]2C(C(=O)/C=C/c3ccccc3)=C(O)C(=O)N2CCCN2CCOCC2)ccc1O. The number of carbonyl (C=O) groups is 2. The predicted molar refractivity (Wildman–Crippen MR) is 131 cm³/mol. The number of hydrogen-bond donors (Lipinski definition) is 2. The number of rotatable bonds is 9. The van der Waals surface area contributed by atoms with Crippen molar-refractivity contribution in [3.8, 4) is 11.5 Å². The van der Waals surface area contributed by atoms with Crippen molar-refractivity contribution in [2.45, 2.75) is 12.5 Å². The van der Waals surface area contributed by atoms with Crippen LogP contribution in [0.25, 0.3) is 6.08 Å². The molecule has 0 aromatic heterocycles. The van der Waals surface area contributed by atoms with E-state index in [2.05, 4.69) is 4.90 Å². The summed E-state index contributed by atoms with van der Waals surface area (Å²) in [7, 11) is 1.43. The summed E-state index contributed by atoms with van der Waals surface area (Å²) < 4.78 is 10.6. The molecule has 0 spiro atoms. The van der Waals surface area contributed by atoms with Crippen molar-refractivity contribution in [1.29, 1.82) is 0 Å². The Kier molecular flexibility index (Phi) is 7.84. The number of aliphatic hydroxyl groups is 1. The molecule has 2 aromatic rings. The lowest BCUT2D eigenvalue weighted by molar-refractivity contribution is -0.129. The third kappa shape index (κ3) is 5.55. The van der Waals surface area contributed by atoms with Crippen LogP contribution in [0.3, 0.4) is 0 Å². The zero-order valence-corrected chi connectivity index (χ0v) is 19.7. The molecule has 0 aliphatic carbocycles. The van der Waals surface area contributed by atoms with Gasteiger partial charge in [-0.25, -0.2) is 0 Å². The fraction of sp³-hybridized carbons (Fsp3) is 0.333. The van der Waals surface area contributed by atoms with Gasteiger partial charge in [0.15, 0.2) is 23.0 Å². The smallest absolute Gasteiger partial charge is 0.290 e. The molecule has 35 heavy (non-hydrogen) atoms. The third-order valence-corrected chi connectivity index (χ3v) is 6.29. The second-order valence-electron chi connectivity index (χ2n) is 8.51. The maximum atomic E-state index is 13.3. The molecule has 2 aromatic carbocycles. The van der Waals surface area contributed by atoms with Crippen molar-refractivity contribution >= 4 is 17.8 Å². The van der Waals surface area contributed by atoms with Crippen LogP contribution in [0, 0.1) is 0 Å². The Morgan fingerprint density at radius 3 is 2.57 bits per heavy atom. The minimum absolute atomic E-state index is 0.0151. The van der Waals surface area contributed by atoms with E-state index in [9.17, 15) is 19.8 Å². The number of hydrogen-bond acceptors (Lipinski definition) is 7. The molecule has 2 heterocycles. The van der Waals surface area contributed by atoms with E-state index >= 15 is 0 Å². The zero-order chi connectivity index (χ0) is 24.8. The number of amides is 1. The number of phenols is 1. The van der Waals surface area contributed by atoms with Gasteiger partial charge in [-0.2, -0.15) is 0 Å². The van der Waals surface area contributed by atoms with Crippen LogP contribution in [0.5, 0.6) is 11.5 Å². The first-order chi connectivity index (χ1) is 17.0. The van der Waals surface area contributed by atoms with E-state index in [4.69, 9.17) is 9.47 Å². The van der Waals surface area contributed by atoms with E-state index in [0.29, 0.717) is 31.7 Å². The average molecular weight is 479 g/mol. The van der Waals surface area contributed by atoms with Crippen molar-refractivity contribution in [3.63, 3.8) is 0 Å². The summed E-state index contributed by atoms with van der Waals surface area (Å²) in [6.45, 7) is 4.18. The first kappa shape index (κ1) is 24.5. The molecule has 184 valence electrons. The van der Waals surface area contributed by atoms with Crippen molar-refractivity contribution in [2.75, 3.05) is 46.5 Å². The van der Waals surface area contributed by atoms with Crippen molar-refractivity contribution < 1.29 is 29.3 Å². The fourth-order valence-corrected chi connectivity index (χ4v) is 4.46. The van der Waals surface area contributed by atoms with Gasteiger partial charge in [0.2, 0.25) is 0 Å². The van der Waals surface area contributed by atoms with Gasteiger partial charge >= 0.3 is 0 Å². The van der Waals surface area contributed by atoms with Crippen molar-refractivity contribution in [2.24, 2.45) is 0 Å². The number of carbonyl (C=O) groups excluding carboxylic acids is 2. The van der Waals surface area contributed by atoms with Crippen LogP contribution in [-0.2, 0) is 14.3 Å². The highest BCUT2D eigenvalue weighted by Gasteiger charge is 2.42. The molecular weight excluding hydrogens is 448 g/mol. The van der Waals surface area contributed by atoms with Gasteiger partial charge in [-0.3, -0.25) is 14.5 Å². The standard InChI is InChI=1S/C27H30N2O6/c1-34-23-18-20(9-11-21(23)30)25-24(22(31)10-8-19-6-3-2-4-7-19)26(32)27(33)29(25)13-5-12-28-14-16-35-17-15-28/h2-4,6-11,18,25,30,32H,5,12-17H2,1H3/b10-8+/t25-/m1/s1. The molecule has 0 unspecified atom stereocenters. The van der Waals surface area contributed by atoms with Gasteiger partial charge in [0.1, 0.15) is 0 Å². The van der Waals surface area contributed by atoms with Crippen molar-refractivity contribution in [3.05, 3.63) is 77.1 Å². The predicted octanol–water partition coefficient (Wildman–Crippen LogP) is 3.10. The minimum atomic E-state index is -0.797. The number of methoxy groups -OCH3 is 1. The molecule has 8 nitrogen and oxygen atoms in total. The van der Waals surface area contributed by atoms with E-state index in [-0.39, 0.29) is 17.1 Å². The summed E-state index contributed by atoms with van der Waals surface area (Å²) in [5.41, 5.74) is 1.41. The third-order valence-electron chi connectivity index (χ3n) is 6.29. The first-order valence-electron chi connectivity index (χ1n) is 11.7. The molecule has 2 aliphatic rings. The Morgan fingerprint density at radius 1 is 1.11 bits per heavy atom. The number of allylic oxidation sites excluding steroid dienone is 1. The molecule has 1 saturated heterocycles. The maximum Gasteiger partial charge on any atom is 0.290 e. The molecule has 1 atom stereocenters. The molecule has 8 heteroatoms. The highest BCUT2D eigenvalue weighted by atomic mass is 16.5. The van der Waals surface area contributed by atoms with Gasteiger partial charge in [0.05, 0.1) is 31.9 Å². The summed E-state index contributed by atoms with van der Waals surface area (Å²) in [4.78, 5) is 30.2. The quantitative estimate of drug-likeness (QED) is 0.534. The summed E-state index contributed by atoms with van der Waals surface area (Å²) in [5.74, 6) is -1.41. The second-order valence-corrected chi connectivity index (χ2v) is 8.51. The topological polar surface area (TPSA) is 99.5 Å². The molecule has 1 amide bonds. The lowest BCUT2D eigenvalue weighted by Crippen LogP contribution is -2.39. The molecule has 4 rings (SSSR count). The van der Waals surface area contributed by atoms with Gasteiger partial charge in [0.25, 0.3) is 5.91 Å². The molecule has 1 fully saturated rings. The Hall–Kier alpha value is -3.62. The Labute approximate surface area is 204 Å². The molecule has 2 N–H and O–H groups in total. The average Bonchev–Trinajstić information content (AvgIpc) is 3.14. The van der Waals surface area contributed by atoms with E-state index in [1.54, 1.807) is 18.2 Å². The number of benzene rings is 2. The molecule has 0 bridgehead atoms. The van der Waals surface area contributed by atoms with E-state index in [1.165, 1.54) is 24.2 Å². The summed E-state index contributed by atoms with van der Waals surface area (Å²) in [6, 6.07) is 13.2. The largest absolute Gasteiger partial charge is 0.504 e. The maximum absolute atomic E-state index is 13.3. The van der Waals surface area contributed by atoms with Gasteiger partial charge in [-0.05, 0) is 35.8 Å². The number of aromatic hydroxyl groups is 1. The number of nitrogens with zero attached hydrogens (tertiary/aromatic N) is 2. The van der Waals surface area contributed by atoms with E-state index < -0.39 is 23.5 Å². The Balaban J connectivity index is 1.61. The van der Waals surface area contributed by atoms with Gasteiger partial charge in [-0.15, -0.1) is 0 Å². The minimum Gasteiger partial charge on any atom is -0.504 e. The van der Waals surface area contributed by atoms with Gasteiger partial charge in [0, 0.05) is 26.2 Å². The van der Waals surface area contributed by atoms with Crippen LogP contribution in [0.15, 0.2) is 65.9 Å². The van der Waals surface area contributed by atoms with Crippen molar-refractivity contribution in [1.82, 2.24) is 9.80 Å². The van der Waals surface area contributed by atoms with E-state index in [0.717, 1.165) is 25.2 Å². The number of morpholine rings is 1. The fourth-order valence-electron chi connectivity index (χ4n) is 4.46. The monoisotopic (exact) mass is 478 g/mol. The number of ketones is 1. The molecule has 0 saturated carbocycles. The normalized spacial score (nSPS) is 19.1. The Bertz CT molecular complexity index is 1120. The Morgan fingerprint density at radius 2 is 1.86 bits per heavy atom. The van der Waals surface area contributed by atoms with Crippen LogP contribution in [0.4, 0.5) is 0 Å². The molecular formula is C27H30N2O6. The van der Waals surface area contributed by atoms with Crippen LogP contribution in [0.1, 0.15) is 23.6 Å². The van der Waals surface area contributed by atoms with Gasteiger partial charge in [-0.1, -0.05) is 42.5 Å². The molecule has 0 radical (unpaired) electrons. The number of aliphatic hydroxyl groups excluding tert-OH is 1.